The molecule has 10 heteroatoms. The Morgan fingerprint density at radius 1 is 1.15 bits per heavy atom. The van der Waals surface area contributed by atoms with Crippen LogP contribution in [0.2, 0.25) is 5.02 Å². The Balaban J connectivity index is 2.25. The lowest BCUT2D eigenvalue weighted by Crippen LogP contribution is -2.16. The highest BCUT2D eigenvalue weighted by molar-refractivity contribution is 6.31. The van der Waals surface area contributed by atoms with E-state index in [4.69, 9.17) is 31.6 Å². The number of nitro benzene ring substituents is 1. The molecule has 0 radical (unpaired) electrons. The zero-order valence-corrected chi connectivity index (χ0v) is 14.5. The van der Waals surface area contributed by atoms with E-state index in [1.165, 1.54) is 32.4 Å². The molecule has 2 rings (SSSR count). The molecule has 0 aliphatic heterocycles. The van der Waals surface area contributed by atoms with Gasteiger partial charge in [-0.25, -0.2) is 4.79 Å². The number of methoxy groups -OCH3 is 2. The van der Waals surface area contributed by atoms with E-state index in [1.807, 2.05) is 0 Å². The molecule has 0 heterocycles. The first-order valence-corrected chi connectivity index (χ1v) is 7.46. The number of nitrogens with two attached hydrogens (primary N) is 1. The van der Waals surface area contributed by atoms with Gasteiger partial charge in [0, 0.05) is 11.1 Å². The summed E-state index contributed by atoms with van der Waals surface area (Å²) >= 11 is 5.90. The van der Waals surface area contributed by atoms with Gasteiger partial charge in [-0.3, -0.25) is 10.1 Å². The number of nitrogens with zero attached hydrogens (tertiary/aromatic N) is 2. The van der Waals surface area contributed by atoms with E-state index in [9.17, 15) is 14.9 Å². The maximum absolute atomic E-state index is 12.1. The Morgan fingerprint density at radius 3 is 2.42 bits per heavy atom. The Kier molecular flexibility index (Phi) is 5.97. The van der Waals surface area contributed by atoms with Crippen LogP contribution in [-0.2, 0) is 4.84 Å². The normalized spacial score (nSPS) is 11.0. The molecule has 0 unspecified atom stereocenters. The number of carbonyl (C=O) groups excluding carboxylic acids is 1. The predicted octanol–water partition coefficient (Wildman–Crippen LogP) is 2.74. The molecule has 0 fully saturated rings. The fourth-order valence-corrected chi connectivity index (χ4v) is 2.20. The summed E-state index contributed by atoms with van der Waals surface area (Å²) in [7, 11) is 2.71. The fraction of sp³-hybridized carbons (Fsp3) is 0.125. The maximum Gasteiger partial charge on any atom is 0.366 e. The van der Waals surface area contributed by atoms with E-state index in [-0.39, 0.29) is 22.8 Å². The van der Waals surface area contributed by atoms with Crippen molar-refractivity contribution < 1.29 is 24.0 Å². The number of oxime groups is 1. The summed E-state index contributed by atoms with van der Waals surface area (Å²) in [6.45, 7) is 0. The molecule has 0 spiro atoms. The van der Waals surface area contributed by atoms with Crippen LogP contribution in [0.4, 0.5) is 5.69 Å². The van der Waals surface area contributed by atoms with E-state index in [2.05, 4.69) is 5.16 Å². The lowest BCUT2D eigenvalue weighted by atomic mass is 10.2. The first-order valence-electron chi connectivity index (χ1n) is 7.08. The Bertz CT molecular complexity index is 884. The minimum Gasteiger partial charge on any atom is -0.496 e. The molecule has 9 nitrogen and oxygen atoms in total. The monoisotopic (exact) mass is 379 g/mol. The number of rotatable bonds is 6. The molecule has 0 amide bonds. The molecule has 26 heavy (non-hydrogen) atoms. The van der Waals surface area contributed by atoms with Crippen molar-refractivity contribution in [2.75, 3.05) is 14.2 Å². The van der Waals surface area contributed by atoms with Crippen LogP contribution < -0.4 is 15.2 Å². The van der Waals surface area contributed by atoms with Gasteiger partial charge in [0.1, 0.15) is 5.75 Å². The van der Waals surface area contributed by atoms with Crippen LogP contribution in [0.1, 0.15) is 15.9 Å². The number of halogens is 1. The number of ether oxygens (including phenoxy) is 2. The zero-order chi connectivity index (χ0) is 19.3. The van der Waals surface area contributed by atoms with E-state index in [0.29, 0.717) is 16.3 Å². The van der Waals surface area contributed by atoms with Crippen molar-refractivity contribution in [2.24, 2.45) is 10.9 Å². The molecule has 2 aromatic carbocycles. The van der Waals surface area contributed by atoms with Crippen LogP contribution in [-0.4, -0.2) is 30.9 Å². The summed E-state index contributed by atoms with van der Waals surface area (Å²) in [5.74, 6) is -0.689. The molecule has 2 N–H and O–H groups in total. The third-order valence-corrected chi connectivity index (χ3v) is 3.51. The quantitative estimate of drug-likeness (QED) is 0.269. The second-order valence-electron chi connectivity index (χ2n) is 4.84. The van der Waals surface area contributed by atoms with Gasteiger partial charge in [0.2, 0.25) is 0 Å². The Labute approximate surface area is 153 Å². The number of amidine groups is 1. The highest BCUT2D eigenvalue weighted by Gasteiger charge is 2.19. The van der Waals surface area contributed by atoms with E-state index in [0.717, 1.165) is 6.07 Å². The lowest BCUT2D eigenvalue weighted by Gasteiger charge is -2.08. The standard InChI is InChI=1S/C16H14ClN3O6/c1-24-13-6-4-10(17)8-11(13)15(18)19-26-16(21)9-3-5-14(25-2)12(7-9)20(22)23/h3-8H,1-2H3,(H2,18,19). The topological polar surface area (TPSA) is 126 Å². The highest BCUT2D eigenvalue weighted by Crippen LogP contribution is 2.28. The van der Waals surface area contributed by atoms with Crippen LogP contribution in [0.3, 0.4) is 0 Å². The van der Waals surface area contributed by atoms with Crippen molar-refractivity contribution in [2.45, 2.75) is 0 Å². The van der Waals surface area contributed by atoms with Gasteiger partial charge in [-0.05, 0) is 30.3 Å². The van der Waals surface area contributed by atoms with Gasteiger partial charge in [0.05, 0.1) is 30.3 Å². The smallest absolute Gasteiger partial charge is 0.366 e. The van der Waals surface area contributed by atoms with Crippen molar-refractivity contribution in [3.8, 4) is 11.5 Å². The second-order valence-corrected chi connectivity index (χ2v) is 5.28. The van der Waals surface area contributed by atoms with Crippen molar-refractivity contribution >= 4 is 29.1 Å². The average Bonchev–Trinajstić information content (AvgIpc) is 2.65. The summed E-state index contributed by atoms with van der Waals surface area (Å²) in [5.41, 5.74) is 5.65. The Morgan fingerprint density at radius 2 is 1.81 bits per heavy atom. The first kappa shape index (κ1) is 19.0. The summed E-state index contributed by atoms with van der Waals surface area (Å²) in [5, 5.41) is 14.9. The molecule has 0 atom stereocenters. The van der Waals surface area contributed by atoms with E-state index >= 15 is 0 Å². The van der Waals surface area contributed by atoms with Crippen molar-refractivity contribution in [3.05, 3.63) is 62.7 Å². The summed E-state index contributed by atoms with van der Waals surface area (Å²) in [6.07, 6.45) is 0. The number of nitro groups is 1. The third kappa shape index (κ3) is 4.19. The van der Waals surface area contributed by atoms with E-state index in [1.54, 1.807) is 12.1 Å². The van der Waals surface area contributed by atoms with Crippen LogP contribution >= 0.6 is 11.6 Å². The average molecular weight is 380 g/mol. The second kappa shape index (κ2) is 8.17. The number of hydrogen-bond donors (Lipinski definition) is 1. The molecule has 0 bridgehead atoms. The predicted molar refractivity (Wildman–Crippen MR) is 93.8 cm³/mol. The summed E-state index contributed by atoms with van der Waals surface area (Å²) < 4.78 is 10.00. The van der Waals surface area contributed by atoms with Crippen LogP contribution in [0.25, 0.3) is 0 Å². The van der Waals surface area contributed by atoms with Gasteiger partial charge in [-0.1, -0.05) is 16.8 Å². The Hall–Kier alpha value is -3.33. The van der Waals surface area contributed by atoms with Gasteiger partial charge >= 0.3 is 11.7 Å². The van der Waals surface area contributed by atoms with Gasteiger partial charge in [-0.2, -0.15) is 0 Å². The minimum atomic E-state index is -0.931. The molecule has 0 aliphatic carbocycles. The van der Waals surface area contributed by atoms with Gasteiger partial charge in [0.25, 0.3) is 0 Å². The van der Waals surface area contributed by atoms with Gasteiger partial charge < -0.3 is 20.0 Å². The molecule has 2 aromatic rings. The van der Waals surface area contributed by atoms with Crippen LogP contribution in [0.5, 0.6) is 11.5 Å². The molecule has 0 saturated carbocycles. The van der Waals surface area contributed by atoms with Gasteiger partial charge in [-0.15, -0.1) is 0 Å². The summed E-state index contributed by atoms with van der Waals surface area (Å²) in [6, 6.07) is 8.27. The maximum atomic E-state index is 12.1. The molecule has 0 aromatic heterocycles. The van der Waals surface area contributed by atoms with Gasteiger partial charge in [0.15, 0.2) is 11.6 Å². The lowest BCUT2D eigenvalue weighted by molar-refractivity contribution is -0.385. The highest BCUT2D eigenvalue weighted by atomic mass is 35.5. The minimum absolute atomic E-state index is 0.0122. The molecular weight excluding hydrogens is 366 g/mol. The molecular formula is C16H14ClN3O6. The number of hydrogen-bond acceptors (Lipinski definition) is 7. The van der Waals surface area contributed by atoms with Crippen LogP contribution in [0, 0.1) is 10.1 Å². The fourth-order valence-electron chi connectivity index (χ4n) is 2.03. The third-order valence-electron chi connectivity index (χ3n) is 3.28. The van der Waals surface area contributed by atoms with Crippen molar-refractivity contribution in [3.63, 3.8) is 0 Å². The molecule has 0 aliphatic rings. The number of benzene rings is 2. The van der Waals surface area contributed by atoms with Crippen molar-refractivity contribution in [1.82, 2.24) is 0 Å². The summed E-state index contributed by atoms with van der Waals surface area (Å²) in [4.78, 5) is 27.2. The van der Waals surface area contributed by atoms with Crippen molar-refractivity contribution in [1.29, 1.82) is 0 Å². The first-order chi connectivity index (χ1) is 12.4. The van der Waals surface area contributed by atoms with Crippen LogP contribution in [0.15, 0.2) is 41.6 Å². The largest absolute Gasteiger partial charge is 0.496 e. The molecule has 136 valence electrons. The number of carbonyl (C=O) groups is 1. The van der Waals surface area contributed by atoms with E-state index < -0.39 is 10.9 Å². The molecule has 0 saturated heterocycles. The zero-order valence-electron chi connectivity index (χ0n) is 13.8. The SMILES string of the molecule is COc1ccc(Cl)cc1/C(N)=N/OC(=O)c1ccc(OC)c([N+](=O)[O-])c1.